The van der Waals surface area contributed by atoms with E-state index in [0.29, 0.717) is 13.1 Å². The van der Waals surface area contributed by atoms with Gasteiger partial charge in [-0.05, 0) is 46.7 Å². The van der Waals surface area contributed by atoms with Gasteiger partial charge in [-0.25, -0.2) is 0 Å². The van der Waals surface area contributed by atoms with Crippen LogP contribution in [-0.4, -0.2) is 61.4 Å². The van der Waals surface area contributed by atoms with E-state index < -0.39 is 5.60 Å². The van der Waals surface area contributed by atoms with Gasteiger partial charge in [0.1, 0.15) is 5.60 Å². The Labute approximate surface area is 127 Å². The minimum Gasteiger partial charge on any atom is -0.369 e. The van der Waals surface area contributed by atoms with Crippen molar-refractivity contribution in [2.75, 3.05) is 33.3 Å². The number of nitrogens with one attached hydrogen (secondary N) is 1. The summed E-state index contributed by atoms with van der Waals surface area (Å²) in [5.74, 6) is 0.125. The number of hydrogen-bond acceptors (Lipinski definition) is 4. The molecule has 0 bridgehead atoms. The van der Waals surface area contributed by atoms with Crippen LogP contribution < -0.4 is 5.32 Å². The number of morpholine rings is 1. The second-order valence-electron chi connectivity index (χ2n) is 6.32. The van der Waals surface area contributed by atoms with Gasteiger partial charge >= 0.3 is 0 Å². The summed E-state index contributed by atoms with van der Waals surface area (Å²) in [6.45, 7) is 9.04. The maximum absolute atomic E-state index is 12.9. The van der Waals surface area contributed by atoms with E-state index in [2.05, 4.69) is 5.32 Å². The summed E-state index contributed by atoms with van der Waals surface area (Å²) in [6.07, 6.45) is 1.56. The van der Waals surface area contributed by atoms with Crippen molar-refractivity contribution in [2.24, 2.45) is 0 Å². The van der Waals surface area contributed by atoms with Crippen LogP contribution in [0, 0.1) is 0 Å². The average Bonchev–Trinajstić information content (AvgIpc) is 2.36. The normalized spacial score (nSPS) is 28.6. The van der Waals surface area contributed by atoms with Gasteiger partial charge in [-0.1, -0.05) is 0 Å². The number of ether oxygens (including phenoxy) is 2. The highest BCUT2D eigenvalue weighted by Crippen LogP contribution is 2.29. The minimum atomic E-state index is -0.640. The molecule has 0 aromatic carbocycles. The Hall–Kier alpha value is -0.360. The summed E-state index contributed by atoms with van der Waals surface area (Å²) in [7, 11) is 1.65. The summed E-state index contributed by atoms with van der Waals surface area (Å²) < 4.78 is 11.5. The second kappa shape index (κ2) is 6.60. The SMILES string of the molecule is COC1(C(=O)N2CC(C)OC(C)(C)C2)CCNCC1.Cl. The lowest BCUT2D eigenvalue weighted by molar-refractivity contribution is -0.179. The van der Waals surface area contributed by atoms with Crippen LogP contribution >= 0.6 is 12.4 Å². The lowest BCUT2D eigenvalue weighted by Crippen LogP contribution is -2.61. The Kier molecular flexibility index (Phi) is 5.84. The molecule has 1 N–H and O–H groups in total. The number of hydrogen-bond donors (Lipinski definition) is 1. The number of amides is 1. The number of halogens is 1. The number of methoxy groups -OCH3 is 1. The van der Waals surface area contributed by atoms with Gasteiger partial charge in [0.2, 0.25) is 0 Å². The van der Waals surface area contributed by atoms with E-state index in [0.717, 1.165) is 25.9 Å². The fraction of sp³-hybridized carbons (Fsp3) is 0.929. The zero-order chi connectivity index (χ0) is 14.1. The standard InChI is InChI=1S/C14H26N2O3.ClH/c1-11-9-16(10-13(2,3)19-11)12(17)14(18-4)5-7-15-8-6-14;/h11,15H,5-10H2,1-4H3;1H. The number of carbonyl (C=O) groups excluding carboxylic acids is 1. The van der Waals surface area contributed by atoms with Gasteiger partial charge in [0.05, 0.1) is 11.7 Å². The van der Waals surface area contributed by atoms with E-state index in [9.17, 15) is 4.79 Å². The topological polar surface area (TPSA) is 50.8 Å². The van der Waals surface area contributed by atoms with Crippen molar-refractivity contribution in [3.63, 3.8) is 0 Å². The van der Waals surface area contributed by atoms with E-state index in [1.807, 2.05) is 25.7 Å². The summed E-state index contributed by atoms with van der Waals surface area (Å²) in [6, 6.07) is 0. The van der Waals surface area contributed by atoms with E-state index >= 15 is 0 Å². The first kappa shape index (κ1) is 17.7. The molecule has 0 aromatic rings. The zero-order valence-electron chi connectivity index (χ0n) is 12.9. The first-order valence-electron chi connectivity index (χ1n) is 7.12. The molecule has 2 rings (SSSR count). The molecule has 2 heterocycles. The van der Waals surface area contributed by atoms with Crippen LogP contribution in [0.3, 0.4) is 0 Å². The Morgan fingerprint density at radius 1 is 1.35 bits per heavy atom. The predicted octanol–water partition coefficient (Wildman–Crippen LogP) is 1.20. The number of rotatable bonds is 2. The predicted molar refractivity (Wildman–Crippen MR) is 80.3 cm³/mol. The van der Waals surface area contributed by atoms with Gasteiger partial charge in [0.25, 0.3) is 5.91 Å². The first-order valence-corrected chi connectivity index (χ1v) is 7.12. The van der Waals surface area contributed by atoms with Crippen molar-refractivity contribution >= 4 is 18.3 Å². The molecule has 0 spiro atoms. The molecule has 0 aliphatic carbocycles. The third kappa shape index (κ3) is 3.64. The lowest BCUT2D eigenvalue weighted by Gasteiger charge is -2.46. The van der Waals surface area contributed by atoms with Gasteiger partial charge in [0, 0.05) is 20.2 Å². The quantitative estimate of drug-likeness (QED) is 0.833. The molecule has 0 radical (unpaired) electrons. The van der Waals surface area contributed by atoms with E-state index in [4.69, 9.17) is 9.47 Å². The molecule has 2 saturated heterocycles. The second-order valence-corrected chi connectivity index (χ2v) is 6.32. The van der Waals surface area contributed by atoms with E-state index in [-0.39, 0.29) is 30.0 Å². The minimum absolute atomic E-state index is 0. The highest BCUT2D eigenvalue weighted by Gasteiger charge is 2.45. The number of piperidine rings is 1. The van der Waals surface area contributed by atoms with Crippen molar-refractivity contribution in [3.8, 4) is 0 Å². The zero-order valence-corrected chi connectivity index (χ0v) is 13.7. The molecule has 1 amide bonds. The maximum Gasteiger partial charge on any atom is 0.255 e. The fourth-order valence-electron chi connectivity index (χ4n) is 3.23. The van der Waals surface area contributed by atoms with E-state index in [1.165, 1.54) is 0 Å². The molecule has 0 saturated carbocycles. The fourth-order valence-corrected chi connectivity index (χ4v) is 3.23. The molecular formula is C14H27ClN2O3. The molecule has 20 heavy (non-hydrogen) atoms. The smallest absolute Gasteiger partial charge is 0.255 e. The number of carbonyl (C=O) groups is 1. The van der Waals surface area contributed by atoms with E-state index in [1.54, 1.807) is 7.11 Å². The summed E-state index contributed by atoms with van der Waals surface area (Å²) in [5.41, 5.74) is -0.923. The van der Waals surface area contributed by atoms with Crippen molar-refractivity contribution < 1.29 is 14.3 Å². The average molecular weight is 307 g/mol. The molecule has 0 aromatic heterocycles. The third-order valence-corrected chi connectivity index (χ3v) is 4.05. The summed E-state index contributed by atoms with van der Waals surface area (Å²) in [5, 5.41) is 3.28. The Morgan fingerprint density at radius 3 is 2.45 bits per heavy atom. The van der Waals surface area contributed by atoms with Crippen molar-refractivity contribution in [3.05, 3.63) is 0 Å². The molecule has 6 heteroatoms. The van der Waals surface area contributed by atoms with Crippen molar-refractivity contribution in [1.82, 2.24) is 10.2 Å². The summed E-state index contributed by atoms with van der Waals surface area (Å²) in [4.78, 5) is 14.8. The number of nitrogens with zero attached hydrogens (tertiary/aromatic N) is 1. The van der Waals surface area contributed by atoms with Crippen LogP contribution in [0.25, 0.3) is 0 Å². The van der Waals surface area contributed by atoms with Crippen LogP contribution in [0.15, 0.2) is 0 Å². The maximum atomic E-state index is 12.9. The Bertz CT molecular complexity index is 343. The van der Waals surface area contributed by atoms with Gasteiger partial charge in [0.15, 0.2) is 0 Å². The highest BCUT2D eigenvalue weighted by atomic mass is 35.5. The van der Waals surface area contributed by atoms with Gasteiger partial charge in [-0.2, -0.15) is 0 Å². The van der Waals surface area contributed by atoms with Crippen LogP contribution in [-0.2, 0) is 14.3 Å². The summed E-state index contributed by atoms with van der Waals surface area (Å²) >= 11 is 0. The molecule has 1 unspecified atom stereocenters. The van der Waals surface area contributed by atoms with Crippen molar-refractivity contribution in [2.45, 2.75) is 50.9 Å². The monoisotopic (exact) mass is 306 g/mol. The Balaban J connectivity index is 0.00000200. The first-order chi connectivity index (χ1) is 8.88. The molecule has 118 valence electrons. The largest absolute Gasteiger partial charge is 0.369 e. The van der Waals surface area contributed by atoms with Crippen LogP contribution in [0.5, 0.6) is 0 Å². The van der Waals surface area contributed by atoms with Crippen molar-refractivity contribution in [1.29, 1.82) is 0 Å². The molecule has 1 atom stereocenters. The van der Waals surface area contributed by atoms with Gasteiger partial charge in [-0.3, -0.25) is 4.79 Å². The van der Waals surface area contributed by atoms with Crippen LogP contribution in [0.1, 0.15) is 33.6 Å². The van der Waals surface area contributed by atoms with Crippen LogP contribution in [0.2, 0.25) is 0 Å². The molecule has 2 aliphatic rings. The van der Waals surface area contributed by atoms with Gasteiger partial charge < -0.3 is 19.7 Å². The molecule has 5 nitrogen and oxygen atoms in total. The van der Waals surface area contributed by atoms with Gasteiger partial charge in [-0.15, -0.1) is 12.4 Å². The highest BCUT2D eigenvalue weighted by molar-refractivity contribution is 5.86. The molecule has 2 fully saturated rings. The lowest BCUT2D eigenvalue weighted by atomic mass is 9.89. The molecule has 2 aliphatic heterocycles. The van der Waals surface area contributed by atoms with Crippen LogP contribution in [0.4, 0.5) is 0 Å². The third-order valence-electron chi connectivity index (χ3n) is 4.05. The molecular weight excluding hydrogens is 280 g/mol. The Morgan fingerprint density at radius 2 is 1.95 bits per heavy atom.